The molecule has 0 saturated carbocycles. The van der Waals surface area contributed by atoms with Crippen LogP contribution >= 0.6 is 15.9 Å². The molecule has 1 aromatic heterocycles. The maximum absolute atomic E-state index is 5.68. The molecule has 0 atom stereocenters. The summed E-state index contributed by atoms with van der Waals surface area (Å²) < 4.78 is 0.939. The largest absolute Gasteiger partial charge is 0.414 e. The summed E-state index contributed by atoms with van der Waals surface area (Å²) in [5.41, 5.74) is 8.07. The van der Waals surface area contributed by atoms with Crippen LogP contribution in [0.1, 0.15) is 0 Å². The van der Waals surface area contributed by atoms with Crippen molar-refractivity contribution in [2.75, 3.05) is 5.73 Å². The molecule has 0 amide bonds. The minimum atomic E-state index is 0. The molecular formula is C11H8BrN2Rh-. The van der Waals surface area contributed by atoms with Gasteiger partial charge in [0.2, 0.25) is 0 Å². The van der Waals surface area contributed by atoms with Crippen molar-refractivity contribution < 1.29 is 19.5 Å². The number of nitrogens with zero attached hydrogens (tertiary/aromatic N) is 1. The molecule has 2 aromatic rings. The van der Waals surface area contributed by atoms with Crippen molar-refractivity contribution in [1.82, 2.24) is 4.98 Å². The summed E-state index contributed by atoms with van der Waals surface area (Å²) in [5, 5.41) is 0. The summed E-state index contributed by atoms with van der Waals surface area (Å²) >= 11 is 3.38. The van der Waals surface area contributed by atoms with E-state index >= 15 is 0 Å². The van der Waals surface area contributed by atoms with Gasteiger partial charge >= 0.3 is 0 Å². The number of hydrogen-bond acceptors (Lipinski definition) is 2. The van der Waals surface area contributed by atoms with Gasteiger partial charge < -0.3 is 10.7 Å². The average molecular weight is 351 g/mol. The van der Waals surface area contributed by atoms with E-state index in [1.807, 2.05) is 30.3 Å². The predicted octanol–water partition coefficient (Wildman–Crippen LogP) is 2.89. The van der Waals surface area contributed by atoms with Gasteiger partial charge in [-0.15, -0.1) is 23.8 Å². The van der Waals surface area contributed by atoms with Gasteiger partial charge in [-0.25, -0.2) is 0 Å². The van der Waals surface area contributed by atoms with E-state index in [4.69, 9.17) is 5.73 Å². The monoisotopic (exact) mass is 350 g/mol. The molecule has 15 heavy (non-hydrogen) atoms. The van der Waals surface area contributed by atoms with Gasteiger partial charge in [0.1, 0.15) is 0 Å². The maximum Gasteiger partial charge on any atom is 0.0160 e. The van der Waals surface area contributed by atoms with Gasteiger partial charge in [0, 0.05) is 25.7 Å². The van der Waals surface area contributed by atoms with Gasteiger partial charge in [-0.2, -0.15) is 0 Å². The molecule has 0 aliphatic carbocycles. The first-order valence-electron chi connectivity index (χ1n) is 4.15. The van der Waals surface area contributed by atoms with Crippen LogP contribution in [-0.2, 0) is 19.5 Å². The topological polar surface area (TPSA) is 38.9 Å². The molecule has 0 fully saturated rings. The van der Waals surface area contributed by atoms with E-state index in [9.17, 15) is 0 Å². The van der Waals surface area contributed by atoms with Crippen molar-refractivity contribution in [3.8, 4) is 11.3 Å². The Labute approximate surface area is 110 Å². The van der Waals surface area contributed by atoms with E-state index in [-0.39, 0.29) is 19.5 Å². The number of halogens is 1. The first kappa shape index (κ1) is 12.3. The molecule has 0 spiro atoms. The van der Waals surface area contributed by atoms with E-state index in [0.29, 0.717) is 5.69 Å². The van der Waals surface area contributed by atoms with Crippen LogP contribution < -0.4 is 5.73 Å². The second-order valence-corrected chi connectivity index (χ2v) is 3.80. The molecule has 0 aliphatic heterocycles. The first-order valence-corrected chi connectivity index (χ1v) is 4.95. The zero-order chi connectivity index (χ0) is 9.97. The molecule has 4 heteroatoms. The van der Waals surface area contributed by atoms with Gasteiger partial charge in [-0.05, 0) is 11.8 Å². The molecule has 2 rings (SSSR count). The predicted molar refractivity (Wildman–Crippen MR) is 60.6 cm³/mol. The van der Waals surface area contributed by atoms with Crippen LogP contribution in [0.5, 0.6) is 0 Å². The van der Waals surface area contributed by atoms with Crippen molar-refractivity contribution in [1.29, 1.82) is 0 Å². The van der Waals surface area contributed by atoms with Crippen LogP contribution in [0, 0.1) is 6.07 Å². The molecule has 2 N–H and O–H groups in total. The van der Waals surface area contributed by atoms with Crippen LogP contribution in [-0.4, -0.2) is 4.98 Å². The van der Waals surface area contributed by atoms with Crippen molar-refractivity contribution in [3.63, 3.8) is 0 Å². The fraction of sp³-hybridized carbons (Fsp3) is 0. The smallest absolute Gasteiger partial charge is 0.0160 e. The van der Waals surface area contributed by atoms with Crippen LogP contribution in [0.15, 0.2) is 41.0 Å². The molecule has 0 bridgehead atoms. The zero-order valence-corrected chi connectivity index (χ0v) is 10.9. The Morgan fingerprint density at radius 2 is 2.07 bits per heavy atom. The first-order chi connectivity index (χ1) is 6.75. The van der Waals surface area contributed by atoms with Crippen molar-refractivity contribution in [2.24, 2.45) is 0 Å². The number of rotatable bonds is 1. The number of nitrogen functional groups attached to an aromatic ring is 1. The summed E-state index contributed by atoms with van der Waals surface area (Å²) in [6.45, 7) is 0. The average Bonchev–Trinajstić information content (AvgIpc) is 2.18. The summed E-state index contributed by atoms with van der Waals surface area (Å²) in [5.74, 6) is 0. The second kappa shape index (κ2) is 5.38. The number of aromatic nitrogens is 1. The third kappa shape index (κ3) is 3.11. The van der Waals surface area contributed by atoms with Crippen molar-refractivity contribution >= 4 is 21.6 Å². The molecule has 1 aromatic carbocycles. The van der Waals surface area contributed by atoms with E-state index in [1.54, 1.807) is 6.20 Å². The summed E-state index contributed by atoms with van der Waals surface area (Å²) in [7, 11) is 0. The molecule has 0 unspecified atom stereocenters. The van der Waals surface area contributed by atoms with Gasteiger partial charge in [0.15, 0.2) is 0 Å². The Hall–Kier alpha value is -0.727. The normalized spacial score (nSPS) is 9.40. The number of nitrogens with two attached hydrogens (primary N) is 1. The van der Waals surface area contributed by atoms with Crippen LogP contribution in [0.4, 0.5) is 5.69 Å². The number of benzene rings is 1. The minimum Gasteiger partial charge on any atom is -0.414 e. The van der Waals surface area contributed by atoms with Crippen molar-refractivity contribution in [2.45, 2.75) is 0 Å². The third-order valence-electron chi connectivity index (χ3n) is 1.80. The van der Waals surface area contributed by atoms with E-state index < -0.39 is 0 Å². The fourth-order valence-corrected chi connectivity index (χ4v) is 1.69. The molecule has 1 heterocycles. The SMILES string of the molecule is Nc1[c-]c(-c2ccccn2)cc(Br)c1.[Rh]. The van der Waals surface area contributed by atoms with E-state index in [2.05, 4.69) is 27.0 Å². The van der Waals surface area contributed by atoms with Gasteiger partial charge in [0.25, 0.3) is 0 Å². The minimum absolute atomic E-state index is 0. The quantitative estimate of drug-likeness (QED) is 0.488. The Morgan fingerprint density at radius 3 is 2.67 bits per heavy atom. The molecule has 0 saturated heterocycles. The third-order valence-corrected chi connectivity index (χ3v) is 2.25. The van der Waals surface area contributed by atoms with Gasteiger partial charge in [-0.1, -0.05) is 38.2 Å². The zero-order valence-electron chi connectivity index (χ0n) is 7.70. The summed E-state index contributed by atoms with van der Waals surface area (Å²) in [4.78, 5) is 4.22. The van der Waals surface area contributed by atoms with Crippen LogP contribution in [0.3, 0.4) is 0 Å². The molecular weight excluding hydrogens is 343 g/mol. The second-order valence-electron chi connectivity index (χ2n) is 2.88. The van der Waals surface area contributed by atoms with Gasteiger partial charge in [0.05, 0.1) is 0 Å². The molecule has 79 valence electrons. The number of anilines is 1. The standard InChI is InChI=1S/C11H8BrN2.Rh/c12-9-5-8(6-10(13)7-9)11-3-1-2-4-14-11;/h1-5,7H,13H2;/q-1;. The van der Waals surface area contributed by atoms with E-state index in [0.717, 1.165) is 15.7 Å². The number of hydrogen-bond donors (Lipinski definition) is 1. The molecule has 2 nitrogen and oxygen atoms in total. The van der Waals surface area contributed by atoms with Crippen molar-refractivity contribution in [3.05, 3.63) is 47.1 Å². The number of pyridine rings is 1. The van der Waals surface area contributed by atoms with Gasteiger partial charge in [-0.3, -0.25) is 0 Å². The molecule has 1 radical (unpaired) electrons. The fourth-order valence-electron chi connectivity index (χ4n) is 1.22. The maximum atomic E-state index is 5.68. The Bertz CT molecular complexity index is 425. The van der Waals surface area contributed by atoms with Crippen LogP contribution in [0.2, 0.25) is 0 Å². The Morgan fingerprint density at radius 1 is 1.27 bits per heavy atom. The molecule has 0 aliphatic rings. The summed E-state index contributed by atoms with van der Waals surface area (Å²) in [6.07, 6.45) is 1.75. The van der Waals surface area contributed by atoms with Crippen LogP contribution in [0.25, 0.3) is 11.3 Å². The Kier molecular flexibility index (Phi) is 4.43. The Balaban J connectivity index is 0.00000112. The summed E-state index contributed by atoms with van der Waals surface area (Å²) in [6, 6.07) is 12.6. The van der Waals surface area contributed by atoms with E-state index in [1.165, 1.54) is 0 Å².